The number of benzene rings is 3. The van der Waals surface area contributed by atoms with Crippen LogP contribution in [0.5, 0.6) is 11.5 Å². The number of phenols is 1. The summed E-state index contributed by atoms with van der Waals surface area (Å²) in [7, 11) is 1.22. The predicted octanol–water partition coefficient (Wildman–Crippen LogP) is 6.17. The van der Waals surface area contributed by atoms with Gasteiger partial charge in [-0.3, -0.25) is 19.3 Å². The molecule has 13 heteroatoms. The van der Waals surface area contributed by atoms with Crippen molar-refractivity contribution >= 4 is 46.5 Å². The largest absolute Gasteiger partial charge is 0.506 e. The minimum atomic E-state index is -1.02. The average Bonchev–Trinajstić information content (AvgIpc) is 3.58. The van der Waals surface area contributed by atoms with Gasteiger partial charge in [0.05, 0.1) is 25.2 Å². The number of esters is 1. The molecule has 0 saturated carbocycles. The Labute approximate surface area is 306 Å². The number of aromatic nitrogens is 2. The van der Waals surface area contributed by atoms with Gasteiger partial charge in [-0.1, -0.05) is 67.9 Å². The number of hydrogen-bond acceptors (Lipinski definition) is 9. The zero-order valence-corrected chi connectivity index (χ0v) is 29.8. The molecule has 12 nitrogen and oxygen atoms in total. The number of para-hydroxylation sites is 1. The summed E-state index contributed by atoms with van der Waals surface area (Å²) in [5.74, 6) is -1.52. The molecule has 52 heavy (non-hydrogen) atoms. The van der Waals surface area contributed by atoms with E-state index in [4.69, 9.17) is 21.1 Å². The van der Waals surface area contributed by atoms with Gasteiger partial charge in [-0.25, -0.2) is 9.78 Å². The maximum Gasteiger partial charge on any atom is 0.328 e. The molecule has 1 aliphatic carbocycles. The molecule has 0 bridgehead atoms. The summed E-state index contributed by atoms with van der Waals surface area (Å²) in [6.45, 7) is 4.29. The Morgan fingerprint density at radius 1 is 1.08 bits per heavy atom. The number of allylic oxidation sites excluding steroid dienone is 1. The number of carbonyl (C=O) groups excluding carboxylic acids is 4. The lowest BCUT2D eigenvalue weighted by molar-refractivity contribution is -0.145. The molecule has 270 valence electrons. The standard InChI is InChI=1S/C39H40ClN5O7/c1-39(2)18-29-35(32(47)19-39)37(26-13-12-25(17-27(26)40)52-21-23-8-5-4-6-9-23)45(30-10-7-11-31(46)36(30)44-29)34(49)15-14-33(48)43-28(38(50)51-3)16-24-20-41-22-42-24/h4-13,17,20,22,28,37,44,46H,14-16,18-19,21H2,1-3H3,(H,41,42)(H,43,48)/t28-,37?/m1/s1. The number of fused-ring (bicyclic) bond motifs is 1. The number of ether oxygens (including phenoxy) is 2. The molecular weight excluding hydrogens is 686 g/mol. The van der Waals surface area contributed by atoms with Gasteiger partial charge in [0.15, 0.2) is 5.78 Å². The number of carbonyl (C=O) groups is 4. The first kappa shape index (κ1) is 36.2. The number of aromatic amines is 1. The third kappa shape index (κ3) is 7.97. The zero-order chi connectivity index (χ0) is 37.0. The molecular formula is C39H40ClN5O7. The Morgan fingerprint density at radius 2 is 1.87 bits per heavy atom. The quantitative estimate of drug-likeness (QED) is 0.105. The fourth-order valence-corrected chi connectivity index (χ4v) is 7.01. The molecule has 0 saturated heterocycles. The van der Waals surface area contributed by atoms with Gasteiger partial charge in [0.2, 0.25) is 11.8 Å². The Hall–Kier alpha value is -5.62. The van der Waals surface area contributed by atoms with Crippen LogP contribution in [-0.2, 0) is 36.9 Å². The van der Waals surface area contributed by atoms with E-state index in [0.717, 1.165) is 5.56 Å². The third-order valence-electron chi connectivity index (χ3n) is 9.16. The maximum atomic E-state index is 14.5. The lowest BCUT2D eigenvalue weighted by Gasteiger charge is -2.37. The SMILES string of the molecule is COC(=O)[C@@H](Cc1cnc[nH]1)NC(=O)CCC(=O)N1c2cccc(O)c2NC2=C(C(=O)CC(C)(C)C2)C1c1ccc(OCc2ccccc2)cc1Cl. The number of methoxy groups -OCH3 is 1. The van der Waals surface area contributed by atoms with Crippen molar-refractivity contribution < 1.29 is 33.8 Å². The summed E-state index contributed by atoms with van der Waals surface area (Å²) in [4.78, 5) is 62.7. The Kier molecular flexibility index (Phi) is 10.7. The number of rotatable bonds is 11. The average molecular weight is 726 g/mol. The number of aromatic hydroxyl groups is 1. The van der Waals surface area contributed by atoms with Crippen LogP contribution in [0.2, 0.25) is 5.02 Å². The third-order valence-corrected chi connectivity index (χ3v) is 9.48. The summed E-state index contributed by atoms with van der Waals surface area (Å²) in [5, 5.41) is 17.3. The number of nitrogens with one attached hydrogen (secondary N) is 3. The van der Waals surface area contributed by atoms with Crippen molar-refractivity contribution in [3.63, 3.8) is 0 Å². The van der Waals surface area contributed by atoms with Crippen LogP contribution < -0.4 is 20.3 Å². The lowest BCUT2D eigenvalue weighted by Crippen LogP contribution is -2.44. The van der Waals surface area contributed by atoms with Gasteiger partial charge in [0.25, 0.3) is 0 Å². The lowest BCUT2D eigenvalue weighted by atomic mass is 9.73. The molecule has 0 fully saturated rings. The highest BCUT2D eigenvalue weighted by Crippen LogP contribution is 2.51. The van der Waals surface area contributed by atoms with E-state index in [9.17, 15) is 24.3 Å². The molecule has 2 aliphatic rings. The van der Waals surface area contributed by atoms with Crippen molar-refractivity contribution in [2.75, 3.05) is 17.3 Å². The highest BCUT2D eigenvalue weighted by atomic mass is 35.5. The first-order valence-electron chi connectivity index (χ1n) is 16.9. The maximum absolute atomic E-state index is 14.5. The number of nitrogens with zero attached hydrogens (tertiary/aromatic N) is 2. The fourth-order valence-electron chi connectivity index (χ4n) is 6.73. The van der Waals surface area contributed by atoms with Crippen molar-refractivity contribution in [1.82, 2.24) is 15.3 Å². The van der Waals surface area contributed by atoms with Crippen molar-refractivity contribution in [3.05, 3.63) is 112 Å². The van der Waals surface area contributed by atoms with Gasteiger partial charge in [0, 0.05) is 53.9 Å². The summed E-state index contributed by atoms with van der Waals surface area (Å²) < 4.78 is 10.9. The number of ketones is 1. The van der Waals surface area contributed by atoms with E-state index in [1.807, 2.05) is 44.2 Å². The van der Waals surface area contributed by atoms with Crippen LogP contribution in [-0.4, -0.2) is 51.8 Å². The number of hydrogen-bond donors (Lipinski definition) is 4. The van der Waals surface area contributed by atoms with Gasteiger partial charge in [0.1, 0.15) is 29.8 Å². The summed E-state index contributed by atoms with van der Waals surface area (Å²) in [6.07, 6.45) is 3.21. The van der Waals surface area contributed by atoms with Crippen LogP contribution in [0.1, 0.15) is 62.4 Å². The number of Topliss-reactive ketones (excluding diaryl/α,β-unsaturated/α-hetero) is 1. The number of anilines is 2. The molecule has 1 aliphatic heterocycles. The Balaban J connectivity index is 1.35. The van der Waals surface area contributed by atoms with Gasteiger partial charge >= 0.3 is 5.97 Å². The van der Waals surface area contributed by atoms with Crippen LogP contribution in [0.4, 0.5) is 11.4 Å². The molecule has 1 aromatic heterocycles. The molecule has 2 amide bonds. The Morgan fingerprint density at radius 3 is 2.58 bits per heavy atom. The summed E-state index contributed by atoms with van der Waals surface area (Å²) >= 11 is 7.01. The number of phenolic OH excluding ortho intramolecular Hbond substituents is 1. The first-order chi connectivity index (χ1) is 24.9. The minimum absolute atomic E-state index is 0.109. The molecule has 4 aromatic rings. The van der Waals surface area contributed by atoms with Crippen LogP contribution in [0.15, 0.2) is 90.5 Å². The zero-order valence-electron chi connectivity index (χ0n) is 29.1. The molecule has 3 aromatic carbocycles. The predicted molar refractivity (Wildman–Crippen MR) is 195 cm³/mol. The van der Waals surface area contributed by atoms with E-state index in [2.05, 4.69) is 20.6 Å². The molecule has 2 heterocycles. The number of imidazole rings is 1. The summed E-state index contributed by atoms with van der Waals surface area (Å²) in [6, 6.07) is 17.5. The molecule has 6 rings (SSSR count). The Bertz CT molecular complexity index is 2010. The highest BCUT2D eigenvalue weighted by Gasteiger charge is 2.44. The molecule has 0 radical (unpaired) electrons. The summed E-state index contributed by atoms with van der Waals surface area (Å²) in [5.41, 5.74) is 3.13. The van der Waals surface area contributed by atoms with E-state index in [1.165, 1.54) is 30.6 Å². The molecule has 2 atom stereocenters. The minimum Gasteiger partial charge on any atom is -0.506 e. The van der Waals surface area contributed by atoms with E-state index in [0.29, 0.717) is 47.0 Å². The van der Waals surface area contributed by atoms with Gasteiger partial charge in [-0.2, -0.15) is 0 Å². The molecule has 4 N–H and O–H groups in total. The first-order valence-corrected chi connectivity index (χ1v) is 17.3. The number of amides is 2. The van der Waals surface area contributed by atoms with E-state index in [-0.39, 0.29) is 47.9 Å². The monoisotopic (exact) mass is 725 g/mol. The van der Waals surface area contributed by atoms with Gasteiger partial charge in [-0.05, 0) is 47.2 Å². The van der Waals surface area contributed by atoms with Crippen molar-refractivity contribution in [2.24, 2.45) is 5.41 Å². The fraction of sp³-hybridized carbons (Fsp3) is 0.308. The number of halogens is 1. The second kappa shape index (κ2) is 15.3. The van der Waals surface area contributed by atoms with Crippen molar-refractivity contribution in [1.29, 1.82) is 0 Å². The normalized spacial score (nSPS) is 16.9. The second-order valence-electron chi connectivity index (χ2n) is 13.7. The van der Waals surface area contributed by atoms with E-state index >= 15 is 0 Å². The van der Waals surface area contributed by atoms with Crippen molar-refractivity contribution in [2.45, 2.75) is 64.6 Å². The van der Waals surface area contributed by atoms with Crippen molar-refractivity contribution in [3.8, 4) is 11.5 Å². The molecule has 0 spiro atoms. The van der Waals surface area contributed by atoms with Crippen LogP contribution in [0.3, 0.4) is 0 Å². The van der Waals surface area contributed by atoms with E-state index < -0.39 is 35.3 Å². The van der Waals surface area contributed by atoms with Crippen LogP contribution >= 0.6 is 11.6 Å². The van der Waals surface area contributed by atoms with Crippen LogP contribution in [0.25, 0.3) is 0 Å². The van der Waals surface area contributed by atoms with Gasteiger partial charge < -0.3 is 30.2 Å². The van der Waals surface area contributed by atoms with Crippen LogP contribution in [0, 0.1) is 5.41 Å². The number of H-pyrrole nitrogens is 1. The second-order valence-corrected chi connectivity index (χ2v) is 14.1. The highest BCUT2D eigenvalue weighted by molar-refractivity contribution is 6.31. The topological polar surface area (TPSA) is 163 Å². The van der Waals surface area contributed by atoms with E-state index in [1.54, 1.807) is 30.3 Å². The molecule has 1 unspecified atom stereocenters. The smallest absolute Gasteiger partial charge is 0.328 e. The van der Waals surface area contributed by atoms with Gasteiger partial charge in [-0.15, -0.1) is 0 Å².